The third kappa shape index (κ3) is 8.60. The Bertz CT molecular complexity index is 1250. The maximum atomic E-state index is 13.7. The van der Waals surface area contributed by atoms with Gasteiger partial charge in [0.2, 0.25) is 5.91 Å². The van der Waals surface area contributed by atoms with Crippen LogP contribution in [0.25, 0.3) is 0 Å². The Hall–Kier alpha value is -2.33. The minimum absolute atomic E-state index is 0.114. The van der Waals surface area contributed by atoms with Crippen molar-refractivity contribution in [3.05, 3.63) is 83.4 Å². The maximum absolute atomic E-state index is 13.7. The van der Waals surface area contributed by atoms with Gasteiger partial charge < -0.3 is 10.1 Å². The molecule has 3 aromatic rings. The number of hydrogen-bond donors (Lipinski definition) is 1. The van der Waals surface area contributed by atoms with Gasteiger partial charge in [-0.2, -0.15) is 11.8 Å². The normalized spacial score (nSPS) is 11.2. The summed E-state index contributed by atoms with van der Waals surface area (Å²) in [5.41, 5.74) is 1.52. The molecule has 0 aliphatic heterocycles. The molecule has 198 valence electrons. The molecule has 0 aliphatic carbocycles. The van der Waals surface area contributed by atoms with Gasteiger partial charge >= 0.3 is 0 Å². The van der Waals surface area contributed by atoms with Gasteiger partial charge in [-0.1, -0.05) is 35.9 Å². The summed E-state index contributed by atoms with van der Waals surface area (Å²) in [5.74, 6) is 1.75. The third-order valence-corrected chi connectivity index (χ3v) is 9.22. The molecule has 0 heterocycles. The van der Waals surface area contributed by atoms with E-state index in [1.807, 2.05) is 37.4 Å². The van der Waals surface area contributed by atoms with Crippen molar-refractivity contribution in [2.75, 3.05) is 36.0 Å². The second kappa shape index (κ2) is 14.6. The first kappa shape index (κ1) is 29.2. The van der Waals surface area contributed by atoms with Crippen LogP contribution >= 0.6 is 35.1 Å². The van der Waals surface area contributed by atoms with E-state index in [0.29, 0.717) is 29.6 Å². The molecule has 0 bridgehead atoms. The summed E-state index contributed by atoms with van der Waals surface area (Å²) >= 11 is 9.22. The summed E-state index contributed by atoms with van der Waals surface area (Å²) in [6, 6.07) is 21.2. The molecule has 0 fully saturated rings. The van der Waals surface area contributed by atoms with E-state index in [9.17, 15) is 13.2 Å². The Morgan fingerprint density at radius 1 is 1.03 bits per heavy atom. The van der Waals surface area contributed by atoms with Crippen LogP contribution < -0.4 is 14.4 Å². The lowest BCUT2D eigenvalue weighted by Gasteiger charge is -2.26. The summed E-state index contributed by atoms with van der Waals surface area (Å²) in [5, 5.41) is 3.58. The summed E-state index contributed by atoms with van der Waals surface area (Å²) in [4.78, 5) is 13.9. The van der Waals surface area contributed by atoms with Crippen molar-refractivity contribution in [3.8, 4) is 5.75 Å². The van der Waals surface area contributed by atoms with E-state index < -0.39 is 10.0 Å². The molecule has 3 rings (SSSR count). The van der Waals surface area contributed by atoms with Gasteiger partial charge in [-0.3, -0.25) is 9.10 Å². The van der Waals surface area contributed by atoms with Crippen molar-refractivity contribution in [2.45, 2.75) is 28.9 Å². The Balaban J connectivity index is 1.66. The minimum atomic E-state index is -4.02. The SMILES string of the molecule is CCOc1ccccc1N(CC(=O)NCCCSCc1ccc(Cl)cc1)S(=O)(=O)c1ccc(SC)cc1. The second-order valence-electron chi connectivity index (χ2n) is 7.97. The van der Waals surface area contributed by atoms with Crippen molar-refractivity contribution in [3.63, 3.8) is 0 Å². The first-order valence-electron chi connectivity index (χ1n) is 11.8. The summed E-state index contributed by atoms with van der Waals surface area (Å²) < 4.78 is 34.1. The first-order chi connectivity index (χ1) is 17.8. The van der Waals surface area contributed by atoms with E-state index in [0.717, 1.165) is 27.1 Å². The van der Waals surface area contributed by atoms with Crippen LogP contribution in [0, 0.1) is 0 Å². The number of anilines is 1. The van der Waals surface area contributed by atoms with Crippen LogP contribution in [0.5, 0.6) is 5.75 Å². The molecular formula is C27H31ClN2O4S3. The monoisotopic (exact) mass is 578 g/mol. The number of thioether (sulfide) groups is 2. The average Bonchev–Trinajstić information content (AvgIpc) is 2.91. The van der Waals surface area contributed by atoms with Crippen LogP contribution in [0.1, 0.15) is 18.9 Å². The van der Waals surface area contributed by atoms with E-state index in [1.165, 1.54) is 17.3 Å². The van der Waals surface area contributed by atoms with Gasteiger partial charge in [0.15, 0.2) is 0 Å². The van der Waals surface area contributed by atoms with Gasteiger partial charge in [-0.25, -0.2) is 8.42 Å². The number of carbonyl (C=O) groups excluding carboxylic acids is 1. The fourth-order valence-electron chi connectivity index (χ4n) is 3.47. The number of nitrogens with zero attached hydrogens (tertiary/aromatic N) is 1. The molecule has 0 aromatic heterocycles. The number of hydrogen-bond acceptors (Lipinski definition) is 6. The number of sulfonamides is 1. The molecule has 0 spiro atoms. The molecule has 0 unspecified atom stereocenters. The lowest BCUT2D eigenvalue weighted by atomic mass is 10.2. The van der Waals surface area contributed by atoms with Crippen molar-refractivity contribution in [1.29, 1.82) is 0 Å². The van der Waals surface area contributed by atoms with Crippen LogP contribution in [-0.4, -0.2) is 46.0 Å². The Kier molecular flexibility index (Phi) is 11.5. The molecule has 0 saturated heterocycles. The van der Waals surface area contributed by atoms with E-state index >= 15 is 0 Å². The van der Waals surface area contributed by atoms with Gasteiger partial charge in [-0.05, 0) is 79.4 Å². The van der Waals surface area contributed by atoms with Crippen molar-refractivity contribution in [2.24, 2.45) is 0 Å². The third-order valence-electron chi connectivity index (χ3n) is 5.34. The number of rotatable bonds is 14. The van der Waals surface area contributed by atoms with Gasteiger partial charge in [0, 0.05) is 22.2 Å². The average molecular weight is 579 g/mol. The van der Waals surface area contributed by atoms with E-state index in [-0.39, 0.29) is 17.3 Å². The molecule has 0 atom stereocenters. The topological polar surface area (TPSA) is 75.7 Å². The van der Waals surface area contributed by atoms with E-state index in [4.69, 9.17) is 16.3 Å². The van der Waals surface area contributed by atoms with Crippen LogP contribution in [0.15, 0.2) is 82.6 Å². The number of para-hydroxylation sites is 2. The minimum Gasteiger partial charge on any atom is -0.492 e. The zero-order valence-electron chi connectivity index (χ0n) is 20.9. The van der Waals surface area contributed by atoms with Crippen LogP contribution in [0.4, 0.5) is 5.69 Å². The number of amides is 1. The smallest absolute Gasteiger partial charge is 0.264 e. The van der Waals surface area contributed by atoms with Gasteiger partial charge in [0.25, 0.3) is 10.0 Å². The molecule has 10 heteroatoms. The lowest BCUT2D eigenvalue weighted by molar-refractivity contribution is -0.119. The highest BCUT2D eigenvalue weighted by Gasteiger charge is 2.29. The zero-order chi connectivity index (χ0) is 26.7. The van der Waals surface area contributed by atoms with E-state index in [2.05, 4.69) is 5.32 Å². The van der Waals surface area contributed by atoms with Gasteiger partial charge in [0.05, 0.1) is 17.2 Å². The van der Waals surface area contributed by atoms with Crippen LogP contribution in [-0.2, 0) is 20.6 Å². The molecule has 0 aliphatic rings. The van der Waals surface area contributed by atoms with Crippen molar-refractivity contribution >= 4 is 56.7 Å². The molecule has 0 radical (unpaired) electrons. The number of benzene rings is 3. The molecule has 0 saturated carbocycles. The molecule has 6 nitrogen and oxygen atoms in total. The highest BCUT2D eigenvalue weighted by molar-refractivity contribution is 7.98. The summed E-state index contributed by atoms with van der Waals surface area (Å²) in [6.07, 6.45) is 2.69. The van der Waals surface area contributed by atoms with Crippen molar-refractivity contribution < 1.29 is 17.9 Å². The Morgan fingerprint density at radius 2 is 1.73 bits per heavy atom. The number of nitrogens with one attached hydrogen (secondary N) is 1. The number of halogens is 1. The Labute approximate surface area is 233 Å². The molecule has 37 heavy (non-hydrogen) atoms. The zero-order valence-corrected chi connectivity index (χ0v) is 24.1. The van der Waals surface area contributed by atoms with Gasteiger partial charge in [0.1, 0.15) is 12.3 Å². The second-order valence-corrected chi connectivity index (χ2v) is 12.3. The number of carbonyl (C=O) groups is 1. The lowest BCUT2D eigenvalue weighted by Crippen LogP contribution is -2.41. The predicted molar refractivity (Wildman–Crippen MR) is 156 cm³/mol. The molecule has 1 N–H and O–H groups in total. The predicted octanol–water partition coefficient (Wildman–Crippen LogP) is 6.10. The standard InChI is InChI=1S/C27H31ClN2O4S3/c1-3-34-26-8-5-4-7-25(26)30(37(32,33)24-15-13-23(35-2)14-16-24)19-27(31)29-17-6-18-36-20-21-9-11-22(28)12-10-21/h4-5,7-16H,3,6,17-20H2,1-2H3,(H,29,31). The maximum Gasteiger partial charge on any atom is 0.264 e. The largest absolute Gasteiger partial charge is 0.492 e. The molecular weight excluding hydrogens is 548 g/mol. The molecule has 1 amide bonds. The first-order valence-corrected chi connectivity index (χ1v) is 16.0. The van der Waals surface area contributed by atoms with Gasteiger partial charge in [-0.15, -0.1) is 11.8 Å². The highest BCUT2D eigenvalue weighted by Crippen LogP contribution is 2.33. The molecule has 3 aromatic carbocycles. The summed E-state index contributed by atoms with van der Waals surface area (Å²) in [7, 11) is -4.02. The fourth-order valence-corrected chi connectivity index (χ4v) is 6.36. The van der Waals surface area contributed by atoms with Crippen molar-refractivity contribution in [1.82, 2.24) is 5.32 Å². The highest BCUT2D eigenvalue weighted by atomic mass is 35.5. The Morgan fingerprint density at radius 3 is 2.41 bits per heavy atom. The number of ether oxygens (including phenoxy) is 1. The summed E-state index contributed by atoms with van der Waals surface area (Å²) in [6.45, 7) is 2.30. The van der Waals surface area contributed by atoms with Crippen LogP contribution in [0.3, 0.4) is 0 Å². The fraction of sp³-hybridized carbons (Fsp3) is 0.296. The van der Waals surface area contributed by atoms with Crippen LogP contribution in [0.2, 0.25) is 5.02 Å². The quantitative estimate of drug-likeness (QED) is 0.184. The van der Waals surface area contributed by atoms with E-state index in [1.54, 1.807) is 60.3 Å².